The summed E-state index contributed by atoms with van der Waals surface area (Å²) in [7, 11) is -3.98. The number of anilines is 2. The molecule has 166 valence electrons. The van der Waals surface area contributed by atoms with Crippen molar-refractivity contribution in [2.75, 3.05) is 10.6 Å². The summed E-state index contributed by atoms with van der Waals surface area (Å²) in [4.78, 5) is 24.4. The first-order valence-electron chi connectivity index (χ1n) is 9.73. The van der Waals surface area contributed by atoms with Crippen molar-refractivity contribution < 1.29 is 18.0 Å². The number of halogens is 1. The fraction of sp³-hybridized carbons (Fsp3) is 0.130. The van der Waals surface area contributed by atoms with E-state index in [-0.39, 0.29) is 17.2 Å². The molecule has 0 radical (unpaired) electrons. The summed E-state index contributed by atoms with van der Waals surface area (Å²) in [6, 6.07) is 20.3. The molecule has 0 aromatic heterocycles. The Morgan fingerprint density at radius 2 is 1.50 bits per heavy atom. The molecule has 3 aromatic carbocycles. The van der Waals surface area contributed by atoms with Crippen LogP contribution < -0.4 is 15.4 Å². The van der Waals surface area contributed by atoms with Gasteiger partial charge in [0.2, 0.25) is 21.8 Å². The summed E-state index contributed by atoms with van der Waals surface area (Å²) in [6.45, 7) is 1.38. The van der Waals surface area contributed by atoms with Gasteiger partial charge < -0.3 is 10.6 Å². The van der Waals surface area contributed by atoms with Crippen molar-refractivity contribution in [2.45, 2.75) is 24.3 Å². The van der Waals surface area contributed by atoms with E-state index in [0.717, 1.165) is 5.56 Å². The van der Waals surface area contributed by atoms with Crippen molar-refractivity contribution in [1.82, 2.24) is 4.72 Å². The quantitative estimate of drug-likeness (QED) is 0.464. The number of carbonyl (C=O) groups is 2. The Balaban J connectivity index is 1.84. The van der Waals surface area contributed by atoms with Gasteiger partial charge in [0.25, 0.3) is 0 Å². The SMILES string of the molecule is CC(=O)Nc1cccc(NC(=O)[C@@H](Cc2ccccc2)NS(=O)(=O)c2ccc(Cl)cc2)c1. The van der Waals surface area contributed by atoms with Crippen molar-refractivity contribution in [3.63, 3.8) is 0 Å². The highest BCUT2D eigenvalue weighted by molar-refractivity contribution is 7.89. The lowest BCUT2D eigenvalue weighted by molar-refractivity contribution is -0.117. The molecule has 3 rings (SSSR count). The monoisotopic (exact) mass is 471 g/mol. The first-order chi connectivity index (χ1) is 15.2. The van der Waals surface area contributed by atoms with Gasteiger partial charge in [-0.25, -0.2) is 8.42 Å². The van der Waals surface area contributed by atoms with E-state index in [0.29, 0.717) is 16.4 Å². The molecular formula is C23H22ClN3O4S. The van der Waals surface area contributed by atoms with E-state index in [9.17, 15) is 18.0 Å². The van der Waals surface area contributed by atoms with Crippen LogP contribution in [0.3, 0.4) is 0 Å². The number of sulfonamides is 1. The number of amides is 2. The van der Waals surface area contributed by atoms with E-state index < -0.39 is 22.0 Å². The fourth-order valence-corrected chi connectivity index (χ4v) is 4.34. The number of hydrogen-bond donors (Lipinski definition) is 3. The van der Waals surface area contributed by atoms with Crippen molar-refractivity contribution >= 4 is 44.8 Å². The highest BCUT2D eigenvalue weighted by Crippen LogP contribution is 2.18. The van der Waals surface area contributed by atoms with Crippen LogP contribution in [0.4, 0.5) is 11.4 Å². The maximum Gasteiger partial charge on any atom is 0.242 e. The van der Waals surface area contributed by atoms with Crippen LogP contribution in [-0.4, -0.2) is 26.3 Å². The molecule has 0 fully saturated rings. The zero-order chi connectivity index (χ0) is 23.1. The van der Waals surface area contributed by atoms with Crippen LogP contribution in [0.5, 0.6) is 0 Å². The van der Waals surface area contributed by atoms with Gasteiger partial charge in [0, 0.05) is 23.3 Å². The molecule has 32 heavy (non-hydrogen) atoms. The van der Waals surface area contributed by atoms with Crippen LogP contribution in [0.15, 0.2) is 83.8 Å². The van der Waals surface area contributed by atoms with Crippen LogP contribution in [0.1, 0.15) is 12.5 Å². The lowest BCUT2D eigenvalue weighted by atomic mass is 10.1. The number of carbonyl (C=O) groups excluding carboxylic acids is 2. The molecule has 2 amide bonds. The van der Waals surface area contributed by atoms with E-state index >= 15 is 0 Å². The first-order valence-corrected chi connectivity index (χ1v) is 11.6. The van der Waals surface area contributed by atoms with Gasteiger partial charge in [-0.2, -0.15) is 4.72 Å². The average Bonchev–Trinajstić information content (AvgIpc) is 2.74. The molecule has 9 heteroatoms. The Kier molecular flexibility index (Phi) is 7.63. The second-order valence-electron chi connectivity index (χ2n) is 7.07. The van der Waals surface area contributed by atoms with Crippen LogP contribution >= 0.6 is 11.6 Å². The van der Waals surface area contributed by atoms with Crippen molar-refractivity contribution in [3.8, 4) is 0 Å². The molecule has 0 aliphatic rings. The lowest BCUT2D eigenvalue weighted by Gasteiger charge is -2.19. The van der Waals surface area contributed by atoms with Gasteiger partial charge in [-0.3, -0.25) is 9.59 Å². The van der Waals surface area contributed by atoms with Gasteiger partial charge in [0.1, 0.15) is 6.04 Å². The van der Waals surface area contributed by atoms with E-state index in [1.165, 1.54) is 31.2 Å². The molecule has 0 unspecified atom stereocenters. The van der Waals surface area contributed by atoms with E-state index in [4.69, 9.17) is 11.6 Å². The third kappa shape index (κ3) is 6.65. The lowest BCUT2D eigenvalue weighted by Crippen LogP contribution is -2.45. The summed E-state index contributed by atoms with van der Waals surface area (Å²) < 4.78 is 28.3. The maximum absolute atomic E-state index is 13.1. The van der Waals surface area contributed by atoms with Crippen molar-refractivity contribution in [1.29, 1.82) is 0 Å². The van der Waals surface area contributed by atoms with Crippen molar-refractivity contribution in [2.24, 2.45) is 0 Å². The molecule has 0 heterocycles. The normalized spacial score (nSPS) is 12.1. The molecule has 3 aromatic rings. The van der Waals surface area contributed by atoms with E-state index in [1.54, 1.807) is 24.3 Å². The van der Waals surface area contributed by atoms with Gasteiger partial charge in [-0.05, 0) is 54.4 Å². The topological polar surface area (TPSA) is 104 Å². The van der Waals surface area contributed by atoms with Crippen LogP contribution in [-0.2, 0) is 26.0 Å². The Hall–Kier alpha value is -3.20. The van der Waals surface area contributed by atoms with E-state index in [1.807, 2.05) is 30.3 Å². The number of hydrogen-bond acceptors (Lipinski definition) is 4. The molecule has 0 aliphatic carbocycles. The minimum Gasteiger partial charge on any atom is -0.326 e. The predicted molar refractivity (Wildman–Crippen MR) is 125 cm³/mol. The summed E-state index contributed by atoms with van der Waals surface area (Å²) in [5, 5.41) is 5.76. The molecular weight excluding hydrogens is 450 g/mol. The smallest absolute Gasteiger partial charge is 0.242 e. The van der Waals surface area contributed by atoms with Gasteiger partial charge in [0.05, 0.1) is 4.90 Å². The zero-order valence-corrected chi connectivity index (χ0v) is 18.8. The van der Waals surface area contributed by atoms with E-state index in [2.05, 4.69) is 15.4 Å². The van der Waals surface area contributed by atoms with Crippen LogP contribution in [0.25, 0.3) is 0 Å². The third-order valence-electron chi connectivity index (χ3n) is 4.47. The van der Waals surface area contributed by atoms with Crippen molar-refractivity contribution in [3.05, 3.63) is 89.4 Å². The second kappa shape index (κ2) is 10.4. The molecule has 3 N–H and O–H groups in total. The molecule has 0 saturated carbocycles. The standard InChI is InChI=1S/C23H22ClN3O4S/c1-16(28)25-19-8-5-9-20(15-19)26-23(29)22(14-17-6-3-2-4-7-17)27-32(30,31)21-12-10-18(24)11-13-21/h2-13,15,22,27H,14H2,1H3,(H,25,28)(H,26,29)/t22-/m1/s1. The van der Waals surface area contributed by atoms with Gasteiger partial charge >= 0.3 is 0 Å². The first kappa shape index (κ1) is 23.5. The fourth-order valence-electron chi connectivity index (χ4n) is 3.01. The zero-order valence-electron chi connectivity index (χ0n) is 17.2. The molecule has 0 bridgehead atoms. The number of rotatable bonds is 8. The largest absolute Gasteiger partial charge is 0.326 e. The van der Waals surface area contributed by atoms with Gasteiger partial charge in [0.15, 0.2) is 0 Å². The van der Waals surface area contributed by atoms with Gasteiger partial charge in [-0.1, -0.05) is 48.0 Å². The third-order valence-corrected chi connectivity index (χ3v) is 6.21. The summed E-state index contributed by atoms with van der Waals surface area (Å²) in [6.07, 6.45) is 0.144. The predicted octanol–water partition coefficient (Wildman–Crippen LogP) is 3.83. The van der Waals surface area contributed by atoms with Crippen LogP contribution in [0, 0.1) is 0 Å². The Bertz CT molecular complexity index is 1200. The number of nitrogens with one attached hydrogen (secondary N) is 3. The highest BCUT2D eigenvalue weighted by Gasteiger charge is 2.26. The minimum atomic E-state index is -3.98. The molecule has 0 aliphatic heterocycles. The Labute approximate surface area is 191 Å². The summed E-state index contributed by atoms with van der Waals surface area (Å²) in [5.74, 6) is -0.780. The second-order valence-corrected chi connectivity index (χ2v) is 9.22. The average molecular weight is 472 g/mol. The molecule has 1 atom stereocenters. The summed E-state index contributed by atoms with van der Waals surface area (Å²) in [5.41, 5.74) is 1.72. The number of benzene rings is 3. The maximum atomic E-state index is 13.1. The minimum absolute atomic E-state index is 0.000386. The van der Waals surface area contributed by atoms with Gasteiger partial charge in [-0.15, -0.1) is 0 Å². The highest BCUT2D eigenvalue weighted by atomic mass is 35.5. The van der Waals surface area contributed by atoms with Crippen LogP contribution in [0.2, 0.25) is 5.02 Å². The molecule has 0 spiro atoms. The summed E-state index contributed by atoms with van der Waals surface area (Å²) >= 11 is 5.85. The Morgan fingerprint density at radius 1 is 0.875 bits per heavy atom. The Morgan fingerprint density at radius 3 is 2.12 bits per heavy atom. The molecule has 0 saturated heterocycles. The molecule has 7 nitrogen and oxygen atoms in total.